The van der Waals surface area contributed by atoms with Gasteiger partial charge < -0.3 is 0 Å². The van der Waals surface area contributed by atoms with Crippen LogP contribution in [0.2, 0.25) is 5.02 Å². The number of carbonyl (C=O) groups is 1. The highest BCUT2D eigenvalue weighted by Gasteiger charge is 2.33. The first-order valence-electron chi connectivity index (χ1n) is 12.0. The molecule has 4 aromatic rings. The van der Waals surface area contributed by atoms with Gasteiger partial charge in [-0.25, -0.2) is 4.98 Å². The lowest BCUT2D eigenvalue weighted by atomic mass is 9.96. The third kappa shape index (κ3) is 5.22. The number of likely N-dealkylation sites (tertiary alicyclic amines) is 1. The highest BCUT2D eigenvalue weighted by Crippen LogP contribution is 2.45. The van der Waals surface area contributed by atoms with E-state index in [0.717, 1.165) is 44.9 Å². The summed E-state index contributed by atoms with van der Waals surface area (Å²) >= 11 is 7.94. The van der Waals surface area contributed by atoms with Gasteiger partial charge in [-0.05, 0) is 72.8 Å². The third-order valence-electron chi connectivity index (χ3n) is 6.66. The fourth-order valence-electron chi connectivity index (χ4n) is 4.90. The molecule has 1 aliphatic heterocycles. The highest BCUT2D eigenvalue weighted by atomic mass is 35.5. The van der Waals surface area contributed by atoms with Crippen LogP contribution in [0.25, 0.3) is 21.1 Å². The number of hydrogen-bond donors (Lipinski definition) is 1. The number of rotatable bonds is 8. The Labute approximate surface area is 214 Å². The summed E-state index contributed by atoms with van der Waals surface area (Å²) in [7, 11) is 0. The molecule has 0 radical (unpaired) electrons. The van der Waals surface area contributed by atoms with Gasteiger partial charge in [-0.15, -0.1) is 11.3 Å². The Bertz CT molecular complexity index is 1300. The quantitative estimate of drug-likeness (QED) is 0.308. The van der Waals surface area contributed by atoms with Gasteiger partial charge in [-0.3, -0.25) is 19.8 Å². The average Bonchev–Trinajstić information content (AvgIpc) is 3.61. The van der Waals surface area contributed by atoms with Gasteiger partial charge in [0.15, 0.2) is 5.82 Å². The summed E-state index contributed by atoms with van der Waals surface area (Å²) in [6.07, 6.45) is 6.05. The van der Waals surface area contributed by atoms with Gasteiger partial charge in [0.1, 0.15) is 12.1 Å². The SMILES string of the molecule is CCC1CCN(C(c2ccc(Cl)cc2)c2cc(-c3ccnc(CC(C)=O)c3)sc2-c2ncn[nH]2)C1. The van der Waals surface area contributed by atoms with Crippen molar-refractivity contribution in [3.8, 4) is 21.1 Å². The normalized spacial score (nSPS) is 17.1. The van der Waals surface area contributed by atoms with Gasteiger partial charge in [0.05, 0.1) is 10.9 Å². The Hall–Kier alpha value is -2.87. The molecular weight excluding hydrogens is 478 g/mol. The predicted octanol–water partition coefficient (Wildman–Crippen LogP) is 6.20. The zero-order chi connectivity index (χ0) is 24.4. The zero-order valence-corrected chi connectivity index (χ0v) is 21.4. The number of carbonyl (C=O) groups excluding carboxylic acids is 1. The number of Topliss-reactive ketones (excluding diaryl/α,β-unsaturated/α-hetero) is 1. The molecule has 180 valence electrons. The Morgan fingerprint density at radius 2 is 2.06 bits per heavy atom. The predicted molar refractivity (Wildman–Crippen MR) is 141 cm³/mol. The second-order valence-electron chi connectivity index (χ2n) is 9.16. The number of aromatic amines is 1. The molecule has 1 aliphatic rings. The number of pyridine rings is 1. The first-order valence-corrected chi connectivity index (χ1v) is 13.1. The van der Waals surface area contributed by atoms with Crippen molar-refractivity contribution in [1.29, 1.82) is 0 Å². The minimum Gasteiger partial charge on any atom is -0.300 e. The summed E-state index contributed by atoms with van der Waals surface area (Å²) in [5.74, 6) is 1.57. The number of H-pyrrole nitrogens is 1. The number of benzene rings is 1. The van der Waals surface area contributed by atoms with E-state index < -0.39 is 0 Å². The Morgan fingerprint density at radius 1 is 1.23 bits per heavy atom. The fourth-order valence-corrected chi connectivity index (χ4v) is 6.16. The van der Waals surface area contributed by atoms with Crippen molar-refractivity contribution in [1.82, 2.24) is 25.1 Å². The number of halogens is 1. The molecule has 0 bridgehead atoms. The summed E-state index contributed by atoms with van der Waals surface area (Å²) in [5.41, 5.74) is 4.25. The second kappa shape index (κ2) is 10.4. The van der Waals surface area contributed by atoms with E-state index >= 15 is 0 Å². The van der Waals surface area contributed by atoms with E-state index in [1.54, 1.807) is 30.8 Å². The van der Waals surface area contributed by atoms with E-state index in [0.29, 0.717) is 12.3 Å². The molecule has 5 rings (SSSR count). The first kappa shape index (κ1) is 23.9. The molecule has 0 saturated carbocycles. The van der Waals surface area contributed by atoms with Gasteiger partial charge in [0.25, 0.3) is 0 Å². The van der Waals surface area contributed by atoms with Gasteiger partial charge in [-0.1, -0.05) is 37.1 Å². The lowest BCUT2D eigenvalue weighted by molar-refractivity contribution is -0.116. The minimum atomic E-state index is 0.0763. The average molecular weight is 506 g/mol. The molecule has 0 aliphatic carbocycles. The summed E-state index contributed by atoms with van der Waals surface area (Å²) in [6.45, 7) is 5.97. The number of ketones is 1. The highest BCUT2D eigenvalue weighted by molar-refractivity contribution is 7.19. The van der Waals surface area contributed by atoms with Crippen molar-refractivity contribution in [2.75, 3.05) is 13.1 Å². The number of nitrogens with one attached hydrogen (secondary N) is 1. The molecule has 1 aromatic carbocycles. The van der Waals surface area contributed by atoms with Gasteiger partial charge in [0.2, 0.25) is 0 Å². The molecule has 0 amide bonds. The van der Waals surface area contributed by atoms with Gasteiger partial charge >= 0.3 is 0 Å². The summed E-state index contributed by atoms with van der Waals surface area (Å²) < 4.78 is 0. The van der Waals surface area contributed by atoms with E-state index in [-0.39, 0.29) is 11.8 Å². The number of hydrogen-bond acceptors (Lipinski definition) is 6. The third-order valence-corrected chi connectivity index (χ3v) is 8.12. The van der Waals surface area contributed by atoms with Crippen molar-refractivity contribution in [2.24, 2.45) is 5.92 Å². The van der Waals surface area contributed by atoms with Crippen LogP contribution in [-0.4, -0.2) is 43.9 Å². The standard InChI is InChI=1S/C27H28ClN5OS/c1-3-18-9-11-33(15-18)25(19-4-6-21(28)7-5-19)23-14-24(35-26(23)27-30-16-31-32-27)20-8-10-29-22(13-20)12-17(2)34/h4-8,10,13-14,16,18,25H,3,9,11-12,15H2,1-2H3,(H,30,31,32). The van der Waals surface area contributed by atoms with Crippen LogP contribution < -0.4 is 0 Å². The summed E-state index contributed by atoms with van der Waals surface area (Å²) in [4.78, 5) is 25.3. The molecule has 1 fully saturated rings. The summed E-state index contributed by atoms with van der Waals surface area (Å²) in [6, 6.07) is 14.6. The van der Waals surface area contributed by atoms with Crippen LogP contribution in [-0.2, 0) is 11.2 Å². The van der Waals surface area contributed by atoms with Crippen LogP contribution in [0.5, 0.6) is 0 Å². The van der Waals surface area contributed by atoms with Crippen molar-refractivity contribution in [3.05, 3.63) is 76.8 Å². The smallest absolute Gasteiger partial charge is 0.165 e. The fraction of sp³-hybridized carbons (Fsp3) is 0.333. The maximum atomic E-state index is 11.7. The van der Waals surface area contributed by atoms with Gasteiger partial charge in [0, 0.05) is 34.8 Å². The lowest BCUT2D eigenvalue weighted by Gasteiger charge is -2.29. The van der Waals surface area contributed by atoms with E-state index in [1.807, 2.05) is 24.3 Å². The van der Waals surface area contributed by atoms with Crippen molar-refractivity contribution >= 4 is 28.7 Å². The zero-order valence-electron chi connectivity index (χ0n) is 19.9. The van der Waals surface area contributed by atoms with E-state index in [9.17, 15) is 4.79 Å². The topological polar surface area (TPSA) is 74.8 Å². The largest absolute Gasteiger partial charge is 0.300 e. The molecule has 1 saturated heterocycles. The maximum absolute atomic E-state index is 11.7. The summed E-state index contributed by atoms with van der Waals surface area (Å²) in [5, 5.41) is 7.93. The molecule has 3 aromatic heterocycles. The second-order valence-corrected chi connectivity index (χ2v) is 10.6. The molecule has 35 heavy (non-hydrogen) atoms. The molecule has 8 heteroatoms. The molecule has 6 nitrogen and oxygen atoms in total. The van der Waals surface area contributed by atoms with Crippen molar-refractivity contribution in [2.45, 2.75) is 39.2 Å². The number of aromatic nitrogens is 4. The Balaban J connectivity index is 1.63. The van der Waals surface area contributed by atoms with E-state index in [4.69, 9.17) is 11.6 Å². The molecule has 2 unspecified atom stereocenters. The molecule has 4 heterocycles. The van der Waals surface area contributed by atoms with E-state index in [1.165, 1.54) is 24.0 Å². The number of nitrogens with zero attached hydrogens (tertiary/aromatic N) is 4. The van der Waals surface area contributed by atoms with Crippen LogP contribution in [0, 0.1) is 5.92 Å². The molecule has 2 atom stereocenters. The molecule has 1 N–H and O–H groups in total. The van der Waals surface area contributed by atoms with Crippen LogP contribution >= 0.6 is 22.9 Å². The van der Waals surface area contributed by atoms with Crippen LogP contribution in [0.15, 0.2) is 55.0 Å². The Kier molecular flexibility index (Phi) is 7.09. The van der Waals surface area contributed by atoms with E-state index in [2.05, 4.69) is 50.2 Å². The van der Waals surface area contributed by atoms with Crippen LogP contribution in [0.4, 0.5) is 0 Å². The lowest BCUT2D eigenvalue weighted by Crippen LogP contribution is -2.27. The van der Waals surface area contributed by atoms with Crippen molar-refractivity contribution < 1.29 is 4.79 Å². The number of thiophene rings is 1. The molecular formula is C27H28ClN5OS. The Morgan fingerprint density at radius 3 is 2.74 bits per heavy atom. The molecule has 0 spiro atoms. The van der Waals surface area contributed by atoms with Gasteiger partial charge in [-0.2, -0.15) is 5.10 Å². The van der Waals surface area contributed by atoms with Crippen LogP contribution in [0.1, 0.15) is 49.6 Å². The van der Waals surface area contributed by atoms with Crippen LogP contribution in [0.3, 0.4) is 0 Å². The maximum Gasteiger partial charge on any atom is 0.165 e. The first-order chi connectivity index (χ1) is 17.0. The minimum absolute atomic E-state index is 0.0763. The van der Waals surface area contributed by atoms with Crippen molar-refractivity contribution in [3.63, 3.8) is 0 Å². The monoisotopic (exact) mass is 505 g/mol.